The fourth-order valence-corrected chi connectivity index (χ4v) is 3.79. The van der Waals surface area contributed by atoms with Gasteiger partial charge in [0.2, 0.25) is 0 Å². The first kappa shape index (κ1) is 19.9. The predicted octanol–water partition coefficient (Wildman–Crippen LogP) is 2.47. The summed E-state index contributed by atoms with van der Waals surface area (Å²) >= 11 is 0. The number of rotatable bonds is 5. The molecule has 1 aliphatic rings. The van der Waals surface area contributed by atoms with Crippen LogP contribution in [0.4, 0.5) is 5.82 Å². The lowest BCUT2D eigenvalue weighted by Crippen LogP contribution is -2.34. The van der Waals surface area contributed by atoms with Gasteiger partial charge in [0, 0.05) is 41.2 Å². The number of anilines is 1. The van der Waals surface area contributed by atoms with Crippen LogP contribution in [-0.4, -0.2) is 40.8 Å². The first-order valence-electron chi connectivity index (χ1n) is 9.77. The van der Waals surface area contributed by atoms with E-state index in [2.05, 4.69) is 15.0 Å². The Morgan fingerprint density at radius 3 is 2.63 bits per heavy atom. The van der Waals surface area contributed by atoms with Crippen molar-refractivity contribution in [1.29, 1.82) is 0 Å². The van der Waals surface area contributed by atoms with Gasteiger partial charge in [-0.1, -0.05) is 6.92 Å². The van der Waals surface area contributed by atoms with Gasteiger partial charge >= 0.3 is 0 Å². The van der Waals surface area contributed by atoms with Gasteiger partial charge in [-0.25, -0.2) is 9.97 Å². The second-order valence-corrected chi connectivity index (χ2v) is 7.10. The highest BCUT2D eigenvalue weighted by Gasteiger charge is 2.30. The van der Waals surface area contributed by atoms with E-state index < -0.39 is 6.10 Å². The predicted molar refractivity (Wildman–Crippen MR) is 113 cm³/mol. The quantitative estimate of drug-likeness (QED) is 0.669. The van der Waals surface area contributed by atoms with E-state index in [4.69, 9.17) is 9.47 Å². The fraction of sp³-hybridized carbons (Fsp3) is 0.318. The van der Waals surface area contributed by atoms with Crippen molar-refractivity contribution in [2.75, 3.05) is 25.7 Å². The number of hydrogen-bond acceptors (Lipinski definition) is 7. The molecule has 3 heterocycles. The van der Waals surface area contributed by atoms with Crippen molar-refractivity contribution in [3.63, 3.8) is 0 Å². The number of nitrogens with zero attached hydrogens (tertiary/aromatic N) is 3. The number of aliphatic hydroxyl groups excluding tert-OH is 1. The minimum absolute atomic E-state index is 0.183. The van der Waals surface area contributed by atoms with Gasteiger partial charge in [-0.2, -0.15) is 0 Å². The second kappa shape index (κ2) is 8.16. The van der Waals surface area contributed by atoms with E-state index >= 15 is 0 Å². The van der Waals surface area contributed by atoms with Gasteiger partial charge in [0.05, 0.1) is 20.8 Å². The van der Waals surface area contributed by atoms with Crippen molar-refractivity contribution in [3.05, 3.63) is 63.7 Å². The molecule has 1 aromatic carbocycles. The Hall–Kier alpha value is -3.39. The van der Waals surface area contributed by atoms with Crippen molar-refractivity contribution in [3.8, 4) is 22.9 Å². The summed E-state index contributed by atoms with van der Waals surface area (Å²) in [6.45, 7) is 2.86. The third-order valence-electron chi connectivity index (χ3n) is 5.29. The lowest BCUT2D eigenvalue weighted by Gasteiger charge is -2.34. The first-order chi connectivity index (χ1) is 14.5. The normalized spacial score (nSPS) is 15.6. The van der Waals surface area contributed by atoms with E-state index in [0.29, 0.717) is 42.7 Å². The Kier molecular flexibility index (Phi) is 5.41. The van der Waals surface area contributed by atoms with Gasteiger partial charge in [0.25, 0.3) is 5.56 Å². The van der Waals surface area contributed by atoms with Crippen molar-refractivity contribution in [2.24, 2.45) is 0 Å². The van der Waals surface area contributed by atoms with Gasteiger partial charge in [0.15, 0.2) is 0 Å². The molecule has 1 unspecified atom stereocenters. The van der Waals surface area contributed by atoms with Crippen LogP contribution in [0.2, 0.25) is 0 Å². The highest BCUT2D eigenvalue weighted by molar-refractivity contribution is 5.59. The Balaban J connectivity index is 1.65. The molecule has 2 N–H and O–H groups in total. The number of H-pyrrole nitrogens is 1. The smallest absolute Gasteiger partial charge is 0.251 e. The molecule has 1 aliphatic heterocycles. The fourth-order valence-electron chi connectivity index (χ4n) is 3.79. The summed E-state index contributed by atoms with van der Waals surface area (Å²) in [6, 6.07) is 8.87. The minimum atomic E-state index is -0.737. The Bertz CT molecular complexity index is 1110. The van der Waals surface area contributed by atoms with E-state index in [1.54, 1.807) is 20.4 Å². The third kappa shape index (κ3) is 3.61. The van der Waals surface area contributed by atoms with Crippen molar-refractivity contribution < 1.29 is 14.6 Å². The maximum atomic E-state index is 11.8. The van der Waals surface area contributed by atoms with Gasteiger partial charge in [-0.3, -0.25) is 4.79 Å². The second-order valence-electron chi connectivity index (χ2n) is 7.10. The summed E-state index contributed by atoms with van der Waals surface area (Å²) in [7, 11) is 3.20. The van der Waals surface area contributed by atoms with E-state index in [1.165, 1.54) is 6.07 Å². The summed E-state index contributed by atoms with van der Waals surface area (Å²) in [5.41, 5.74) is 2.90. The molecule has 0 saturated heterocycles. The van der Waals surface area contributed by atoms with Crippen LogP contribution in [0.3, 0.4) is 0 Å². The average Bonchev–Trinajstić information content (AvgIpc) is 2.77. The zero-order chi connectivity index (χ0) is 21.3. The number of pyridine rings is 1. The number of β-amino-alcohol motifs (C(OH)–C–C–N with tert-alkyl or cyclic N) is 1. The van der Waals surface area contributed by atoms with Gasteiger partial charge in [-0.05, 0) is 30.7 Å². The standard InChI is InChI=1S/C22H24N4O4/c1-4-14-9-20(28)25-22(24-14)13-5-8-19(23-10-13)26-11-15-17(29-2)6-7-18(30-3)21(15)16(27)12-26/h5-10,16,27H,4,11-12H2,1-3H3,(H,24,25,28). The van der Waals surface area contributed by atoms with Crippen molar-refractivity contribution in [2.45, 2.75) is 26.0 Å². The number of aromatic nitrogens is 3. The molecule has 0 fully saturated rings. The zero-order valence-electron chi connectivity index (χ0n) is 17.2. The van der Waals surface area contributed by atoms with E-state index in [1.807, 2.05) is 36.1 Å². The minimum Gasteiger partial charge on any atom is -0.496 e. The first-order valence-corrected chi connectivity index (χ1v) is 9.77. The molecule has 0 aliphatic carbocycles. The number of aliphatic hydroxyl groups is 1. The molecule has 4 rings (SSSR count). The number of hydrogen-bond donors (Lipinski definition) is 2. The number of fused-ring (bicyclic) bond motifs is 1. The molecular weight excluding hydrogens is 384 g/mol. The van der Waals surface area contributed by atoms with Gasteiger partial charge in [-0.15, -0.1) is 0 Å². The topological polar surface area (TPSA) is 101 Å². The maximum Gasteiger partial charge on any atom is 0.251 e. The Morgan fingerprint density at radius 2 is 1.97 bits per heavy atom. The number of nitrogens with one attached hydrogen (secondary N) is 1. The average molecular weight is 408 g/mol. The monoisotopic (exact) mass is 408 g/mol. The van der Waals surface area contributed by atoms with Gasteiger partial charge in [0.1, 0.15) is 29.2 Å². The molecule has 30 heavy (non-hydrogen) atoms. The summed E-state index contributed by atoms with van der Waals surface area (Å²) < 4.78 is 10.9. The summed E-state index contributed by atoms with van der Waals surface area (Å²) in [5.74, 6) is 2.55. The lowest BCUT2D eigenvalue weighted by atomic mass is 9.95. The highest BCUT2D eigenvalue weighted by Crippen LogP contribution is 2.40. The summed E-state index contributed by atoms with van der Waals surface area (Å²) in [6.07, 6.45) is 1.62. The molecule has 0 spiro atoms. The molecule has 0 radical (unpaired) electrons. The number of methoxy groups -OCH3 is 2. The molecule has 2 aromatic heterocycles. The molecule has 8 heteroatoms. The van der Waals surface area contributed by atoms with Crippen LogP contribution >= 0.6 is 0 Å². The lowest BCUT2D eigenvalue weighted by molar-refractivity contribution is 0.169. The SMILES string of the molecule is CCc1cc(=O)[nH]c(-c2ccc(N3Cc4c(OC)ccc(OC)c4C(O)C3)nc2)n1. The number of benzene rings is 1. The van der Waals surface area contributed by atoms with E-state index in [-0.39, 0.29) is 5.56 Å². The maximum absolute atomic E-state index is 11.8. The van der Waals surface area contributed by atoms with Crippen LogP contribution in [0.5, 0.6) is 11.5 Å². The van der Waals surface area contributed by atoms with Crippen LogP contribution in [0, 0.1) is 0 Å². The van der Waals surface area contributed by atoms with Crippen LogP contribution in [0.25, 0.3) is 11.4 Å². The Morgan fingerprint density at radius 1 is 1.20 bits per heavy atom. The van der Waals surface area contributed by atoms with Gasteiger partial charge < -0.3 is 24.5 Å². The molecule has 3 aromatic rings. The molecule has 1 atom stereocenters. The molecule has 8 nitrogen and oxygen atoms in total. The molecule has 156 valence electrons. The van der Waals surface area contributed by atoms with E-state index in [0.717, 1.165) is 22.4 Å². The van der Waals surface area contributed by atoms with E-state index in [9.17, 15) is 9.90 Å². The van der Waals surface area contributed by atoms with Crippen molar-refractivity contribution in [1.82, 2.24) is 15.0 Å². The molecular formula is C22H24N4O4. The molecule has 0 bridgehead atoms. The summed E-state index contributed by atoms with van der Waals surface area (Å²) in [4.78, 5) is 25.6. The third-order valence-corrected chi connectivity index (χ3v) is 5.29. The zero-order valence-corrected chi connectivity index (χ0v) is 17.2. The number of aromatic amines is 1. The van der Waals surface area contributed by atoms with Crippen LogP contribution in [-0.2, 0) is 13.0 Å². The summed E-state index contributed by atoms with van der Waals surface area (Å²) in [5, 5.41) is 10.8. The number of aryl methyl sites for hydroxylation is 1. The van der Waals surface area contributed by atoms with Crippen molar-refractivity contribution >= 4 is 5.82 Å². The molecule has 0 amide bonds. The molecule has 0 saturated carbocycles. The van der Waals surface area contributed by atoms with Crippen LogP contribution in [0.1, 0.15) is 29.8 Å². The Labute approximate surface area is 174 Å². The van der Waals surface area contributed by atoms with Crippen LogP contribution < -0.4 is 19.9 Å². The number of ether oxygens (including phenoxy) is 2. The highest BCUT2D eigenvalue weighted by atomic mass is 16.5. The van der Waals surface area contributed by atoms with Crippen LogP contribution in [0.15, 0.2) is 41.3 Å². The largest absolute Gasteiger partial charge is 0.496 e.